The lowest BCUT2D eigenvalue weighted by Crippen LogP contribution is -2.10. The Balaban J connectivity index is 1.60. The predicted molar refractivity (Wildman–Crippen MR) is 88.1 cm³/mol. The number of fused-ring (bicyclic) bond motifs is 1. The molecule has 0 amide bonds. The van der Waals surface area contributed by atoms with Gasteiger partial charge in [-0.25, -0.2) is 0 Å². The Bertz CT molecular complexity index is 672. The smallest absolute Gasteiger partial charge is 0.0345 e. The van der Waals surface area contributed by atoms with Crippen molar-refractivity contribution in [2.75, 3.05) is 0 Å². The number of thiophene rings is 1. The van der Waals surface area contributed by atoms with Gasteiger partial charge in [-0.15, -0.1) is 11.3 Å². The van der Waals surface area contributed by atoms with Crippen LogP contribution in [0.4, 0.5) is 0 Å². The van der Waals surface area contributed by atoms with Crippen LogP contribution >= 0.6 is 11.3 Å². The van der Waals surface area contributed by atoms with Crippen LogP contribution in [0.15, 0.2) is 60.0 Å². The van der Waals surface area contributed by atoms with Crippen LogP contribution < -0.4 is 5.73 Å². The van der Waals surface area contributed by atoms with Gasteiger partial charge in [-0.3, -0.25) is 0 Å². The molecule has 2 N–H and O–H groups in total. The SMILES string of the molecule is NC(CCCc1csc2ccccc12)c1ccccc1. The third-order valence-electron chi connectivity index (χ3n) is 3.75. The van der Waals surface area contributed by atoms with Gasteiger partial charge in [0.25, 0.3) is 0 Å². The molecule has 2 aromatic carbocycles. The molecule has 0 fully saturated rings. The van der Waals surface area contributed by atoms with E-state index in [1.807, 2.05) is 17.4 Å². The average molecular weight is 281 g/mol. The highest BCUT2D eigenvalue weighted by molar-refractivity contribution is 7.17. The molecule has 0 saturated carbocycles. The zero-order chi connectivity index (χ0) is 13.8. The van der Waals surface area contributed by atoms with E-state index in [4.69, 9.17) is 5.73 Å². The fourth-order valence-electron chi connectivity index (χ4n) is 2.61. The van der Waals surface area contributed by atoms with E-state index in [1.54, 1.807) is 0 Å². The van der Waals surface area contributed by atoms with Crippen LogP contribution in [-0.4, -0.2) is 0 Å². The van der Waals surface area contributed by atoms with Crippen molar-refractivity contribution < 1.29 is 0 Å². The van der Waals surface area contributed by atoms with Crippen molar-refractivity contribution in [3.63, 3.8) is 0 Å². The van der Waals surface area contributed by atoms with E-state index in [-0.39, 0.29) is 6.04 Å². The third kappa shape index (κ3) is 2.92. The monoisotopic (exact) mass is 281 g/mol. The van der Waals surface area contributed by atoms with Crippen LogP contribution in [-0.2, 0) is 6.42 Å². The first-order valence-corrected chi connectivity index (χ1v) is 7.98. The number of hydrogen-bond donors (Lipinski definition) is 1. The largest absolute Gasteiger partial charge is 0.324 e. The van der Waals surface area contributed by atoms with E-state index in [1.165, 1.54) is 21.2 Å². The van der Waals surface area contributed by atoms with Gasteiger partial charge in [0.1, 0.15) is 0 Å². The predicted octanol–water partition coefficient (Wildman–Crippen LogP) is 4.92. The summed E-state index contributed by atoms with van der Waals surface area (Å²) >= 11 is 1.84. The maximum Gasteiger partial charge on any atom is 0.0345 e. The zero-order valence-corrected chi connectivity index (χ0v) is 12.3. The lowest BCUT2D eigenvalue weighted by atomic mass is 10.00. The van der Waals surface area contributed by atoms with Crippen LogP contribution in [0.25, 0.3) is 10.1 Å². The molecule has 0 aliphatic heterocycles. The lowest BCUT2D eigenvalue weighted by Gasteiger charge is -2.11. The molecule has 1 unspecified atom stereocenters. The zero-order valence-electron chi connectivity index (χ0n) is 11.5. The first-order chi connectivity index (χ1) is 9.84. The summed E-state index contributed by atoms with van der Waals surface area (Å²) < 4.78 is 1.38. The Labute approximate surface area is 124 Å². The molecule has 3 rings (SSSR count). The molecular formula is C18H19NS. The minimum Gasteiger partial charge on any atom is -0.324 e. The summed E-state index contributed by atoms with van der Waals surface area (Å²) in [6.07, 6.45) is 3.29. The summed E-state index contributed by atoms with van der Waals surface area (Å²) in [6, 6.07) is 19.2. The maximum atomic E-state index is 6.25. The molecule has 1 heterocycles. The van der Waals surface area contributed by atoms with Crippen LogP contribution in [0.1, 0.15) is 30.0 Å². The van der Waals surface area contributed by atoms with Crippen LogP contribution in [0.5, 0.6) is 0 Å². The molecule has 0 spiro atoms. The summed E-state index contributed by atoms with van der Waals surface area (Å²) in [5.74, 6) is 0. The summed E-state index contributed by atoms with van der Waals surface area (Å²) in [6.45, 7) is 0. The molecule has 2 heteroatoms. The van der Waals surface area contributed by atoms with Crippen molar-refractivity contribution in [3.8, 4) is 0 Å². The highest BCUT2D eigenvalue weighted by atomic mass is 32.1. The highest BCUT2D eigenvalue weighted by Crippen LogP contribution is 2.27. The molecule has 1 aromatic heterocycles. The van der Waals surface area contributed by atoms with Crippen molar-refractivity contribution in [1.82, 2.24) is 0 Å². The standard InChI is InChI=1S/C18H19NS/c19-17(14-7-2-1-3-8-14)11-6-9-15-13-20-18-12-5-4-10-16(15)18/h1-5,7-8,10,12-13,17H,6,9,11,19H2. The Morgan fingerprint density at radius 3 is 2.55 bits per heavy atom. The molecule has 0 saturated heterocycles. The van der Waals surface area contributed by atoms with Crippen molar-refractivity contribution in [2.45, 2.75) is 25.3 Å². The van der Waals surface area contributed by atoms with E-state index in [0.29, 0.717) is 0 Å². The second-order valence-electron chi connectivity index (χ2n) is 5.17. The van der Waals surface area contributed by atoms with Gasteiger partial charge in [-0.2, -0.15) is 0 Å². The first kappa shape index (κ1) is 13.3. The number of aryl methyl sites for hydroxylation is 1. The van der Waals surface area contributed by atoms with Gasteiger partial charge in [0.05, 0.1) is 0 Å². The number of hydrogen-bond acceptors (Lipinski definition) is 2. The molecule has 3 aromatic rings. The van der Waals surface area contributed by atoms with Crippen molar-refractivity contribution >= 4 is 21.4 Å². The van der Waals surface area contributed by atoms with E-state index < -0.39 is 0 Å². The van der Waals surface area contributed by atoms with Gasteiger partial charge in [-0.1, -0.05) is 48.5 Å². The maximum absolute atomic E-state index is 6.25. The number of benzene rings is 2. The van der Waals surface area contributed by atoms with Gasteiger partial charge in [0.15, 0.2) is 0 Å². The van der Waals surface area contributed by atoms with Gasteiger partial charge < -0.3 is 5.73 Å². The molecule has 0 bridgehead atoms. The quantitative estimate of drug-likeness (QED) is 0.705. The summed E-state index contributed by atoms with van der Waals surface area (Å²) in [7, 11) is 0. The minimum atomic E-state index is 0.154. The molecule has 1 atom stereocenters. The first-order valence-electron chi connectivity index (χ1n) is 7.10. The van der Waals surface area contributed by atoms with Crippen LogP contribution in [0.2, 0.25) is 0 Å². The molecule has 102 valence electrons. The van der Waals surface area contributed by atoms with Gasteiger partial charge in [0, 0.05) is 10.7 Å². The van der Waals surface area contributed by atoms with Gasteiger partial charge >= 0.3 is 0 Å². The third-order valence-corrected chi connectivity index (χ3v) is 4.76. The van der Waals surface area contributed by atoms with E-state index in [9.17, 15) is 0 Å². The molecule has 20 heavy (non-hydrogen) atoms. The van der Waals surface area contributed by atoms with Crippen LogP contribution in [0.3, 0.4) is 0 Å². The fourth-order valence-corrected chi connectivity index (χ4v) is 3.60. The normalized spacial score (nSPS) is 12.7. The second-order valence-corrected chi connectivity index (χ2v) is 6.08. The minimum absolute atomic E-state index is 0.154. The number of nitrogens with two attached hydrogens (primary N) is 1. The topological polar surface area (TPSA) is 26.0 Å². The Morgan fingerprint density at radius 1 is 0.950 bits per heavy atom. The summed E-state index contributed by atoms with van der Waals surface area (Å²) in [4.78, 5) is 0. The Morgan fingerprint density at radius 2 is 1.70 bits per heavy atom. The van der Waals surface area contributed by atoms with Gasteiger partial charge in [-0.05, 0) is 47.2 Å². The molecule has 0 aliphatic carbocycles. The van der Waals surface area contributed by atoms with E-state index in [0.717, 1.165) is 19.3 Å². The van der Waals surface area contributed by atoms with E-state index in [2.05, 4.69) is 53.9 Å². The second kappa shape index (κ2) is 6.21. The molecule has 0 radical (unpaired) electrons. The number of rotatable bonds is 5. The Kier molecular flexibility index (Phi) is 4.14. The highest BCUT2D eigenvalue weighted by Gasteiger charge is 2.07. The fraction of sp³-hybridized carbons (Fsp3) is 0.222. The van der Waals surface area contributed by atoms with Crippen LogP contribution in [0, 0.1) is 0 Å². The molecule has 0 aliphatic rings. The van der Waals surface area contributed by atoms with E-state index >= 15 is 0 Å². The molecule has 1 nitrogen and oxygen atoms in total. The lowest BCUT2D eigenvalue weighted by molar-refractivity contribution is 0.613. The Hall–Kier alpha value is -1.64. The summed E-state index contributed by atoms with van der Waals surface area (Å²) in [5, 5.41) is 3.70. The van der Waals surface area contributed by atoms with Crippen molar-refractivity contribution in [2.24, 2.45) is 5.73 Å². The average Bonchev–Trinajstić information content (AvgIpc) is 2.92. The van der Waals surface area contributed by atoms with Gasteiger partial charge in [0.2, 0.25) is 0 Å². The van der Waals surface area contributed by atoms with Crippen molar-refractivity contribution in [1.29, 1.82) is 0 Å². The summed E-state index contributed by atoms with van der Waals surface area (Å²) in [5.41, 5.74) is 8.95. The molecular weight excluding hydrogens is 262 g/mol. The van der Waals surface area contributed by atoms with Crippen molar-refractivity contribution in [3.05, 3.63) is 71.1 Å².